The maximum atomic E-state index is 12.5. The zero-order valence-electron chi connectivity index (χ0n) is 17.4. The Hall–Kier alpha value is 0.0200. The third kappa shape index (κ3) is 7.25. The first-order valence-corrected chi connectivity index (χ1v) is 12.2. The van der Waals surface area contributed by atoms with E-state index in [1.165, 1.54) is 14.2 Å². The van der Waals surface area contributed by atoms with Crippen LogP contribution in [0.4, 0.5) is 0 Å². The molecule has 10 atom stereocenters. The van der Waals surface area contributed by atoms with Crippen molar-refractivity contribution in [3.05, 3.63) is 0 Å². The molecular weight excluding hydrogens is 462 g/mol. The molecule has 3 N–H and O–H groups in total. The maximum absolute atomic E-state index is 12.5. The van der Waals surface area contributed by atoms with Crippen molar-refractivity contribution in [2.45, 2.75) is 70.1 Å². The van der Waals surface area contributed by atoms with Crippen LogP contribution in [0.25, 0.3) is 0 Å². The first-order valence-electron chi connectivity index (χ1n) is 9.18. The van der Waals surface area contributed by atoms with Crippen molar-refractivity contribution in [3.8, 4) is 0 Å². The highest BCUT2D eigenvalue weighted by atomic mass is 31.2. The molecule has 2 aliphatic rings. The Morgan fingerprint density at radius 2 is 1.26 bits per heavy atom. The number of hydrogen-bond donors (Lipinski definition) is 3. The maximum Gasteiger partial charge on any atom is 0.472 e. The molecule has 2 unspecified atom stereocenters. The second kappa shape index (κ2) is 11.9. The van der Waals surface area contributed by atoms with Gasteiger partial charge >= 0.3 is 15.6 Å². The molecule has 0 aromatic heterocycles. The van der Waals surface area contributed by atoms with Crippen molar-refractivity contribution >= 4 is 15.6 Å². The number of ether oxygens (including phenoxy) is 4. The molecule has 2 aliphatic heterocycles. The van der Waals surface area contributed by atoms with Crippen molar-refractivity contribution in [2.75, 3.05) is 34.5 Å². The van der Waals surface area contributed by atoms with Gasteiger partial charge in [-0.1, -0.05) is 7.43 Å². The summed E-state index contributed by atoms with van der Waals surface area (Å²) in [5.41, 5.74) is 0. The third-order valence-corrected chi connectivity index (χ3v) is 6.91. The summed E-state index contributed by atoms with van der Waals surface area (Å²) in [4.78, 5) is 19.8. The van der Waals surface area contributed by atoms with Gasteiger partial charge in [0.2, 0.25) is 0 Å². The second-order valence-corrected chi connectivity index (χ2v) is 9.82. The fraction of sp³-hybridized carbons (Fsp3) is 1.00. The fourth-order valence-corrected chi connectivity index (χ4v) is 5.16. The minimum atomic E-state index is -4.66. The predicted molar refractivity (Wildman–Crippen MR) is 106 cm³/mol. The highest BCUT2D eigenvalue weighted by molar-refractivity contribution is 7.47. The van der Waals surface area contributed by atoms with Gasteiger partial charge < -0.3 is 33.8 Å². The fourth-order valence-electron chi connectivity index (χ4n) is 3.56. The summed E-state index contributed by atoms with van der Waals surface area (Å²) >= 11 is 0. The minimum absolute atomic E-state index is 0. The predicted octanol–water partition coefficient (Wildman–Crippen LogP) is 0.854. The molecule has 0 aromatic carbocycles. The SMILES string of the molecule is C.CO[C@@H]1[C@H](OP(=O)(O)OC)[C@@H](COP(=O)(O)O[C@H]2[C@@H](OC)[C@H](C)O[C@@H]2CO)O[C@H]1C. The lowest BCUT2D eigenvalue weighted by Gasteiger charge is -2.26. The molecule has 2 rings (SSSR count). The van der Waals surface area contributed by atoms with Gasteiger partial charge in [0.05, 0.1) is 25.4 Å². The summed E-state index contributed by atoms with van der Waals surface area (Å²) in [5, 5.41) is 9.43. The topological polar surface area (TPSA) is 169 Å². The first kappa shape index (κ1) is 29.1. The van der Waals surface area contributed by atoms with E-state index in [1.54, 1.807) is 13.8 Å². The highest BCUT2D eigenvalue weighted by Gasteiger charge is 2.50. The Morgan fingerprint density at radius 1 is 0.806 bits per heavy atom. The zero-order valence-corrected chi connectivity index (χ0v) is 19.1. The van der Waals surface area contributed by atoms with E-state index in [1.807, 2.05) is 0 Å². The summed E-state index contributed by atoms with van der Waals surface area (Å²) in [7, 11) is -5.32. The monoisotopic (exact) mass is 496 g/mol. The van der Waals surface area contributed by atoms with Gasteiger partial charge in [0.25, 0.3) is 0 Å². The number of phosphoric acid groups is 2. The molecule has 0 saturated carbocycles. The molecule has 15 heteroatoms. The van der Waals surface area contributed by atoms with Crippen molar-refractivity contribution < 1.29 is 61.1 Å². The standard InChI is InChI=1S/C15H30O13P2.CH4/c1-8-12(21-3)14(10(6-16)25-8)28-30(19,20)24-7-11-15(27-29(17,18)23-5)13(22-4)9(2)26-11;/h8-16H,6-7H2,1-5H3,(H,17,18)(H,19,20);1H4/t8-,9-,10+,11+,12-,13-,14+,15+;/m0./s1. The Kier molecular flexibility index (Phi) is 11.2. The number of methoxy groups -OCH3 is 2. The summed E-state index contributed by atoms with van der Waals surface area (Å²) in [6.07, 6.45) is -6.59. The number of rotatable bonds is 11. The molecule has 2 fully saturated rings. The van der Waals surface area contributed by atoms with Gasteiger partial charge in [-0.05, 0) is 13.8 Å². The van der Waals surface area contributed by atoms with Crippen LogP contribution in [0.1, 0.15) is 21.3 Å². The van der Waals surface area contributed by atoms with Crippen molar-refractivity contribution in [2.24, 2.45) is 0 Å². The van der Waals surface area contributed by atoms with E-state index < -0.39 is 77.7 Å². The molecule has 2 heterocycles. The number of aliphatic hydroxyl groups excluding tert-OH is 1. The lowest BCUT2D eigenvalue weighted by molar-refractivity contribution is -0.0400. The summed E-state index contributed by atoms with van der Waals surface area (Å²) in [5.74, 6) is 0. The minimum Gasteiger partial charge on any atom is -0.394 e. The van der Waals surface area contributed by atoms with Crippen LogP contribution in [0.3, 0.4) is 0 Å². The zero-order chi connectivity index (χ0) is 22.7. The number of aliphatic hydroxyl groups is 1. The molecule has 13 nitrogen and oxygen atoms in total. The van der Waals surface area contributed by atoms with Gasteiger partial charge in [-0.3, -0.25) is 18.1 Å². The van der Waals surface area contributed by atoms with Crippen molar-refractivity contribution in [1.82, 2.24) is 0 Å². The van der Waals surface area contributed by atoms with Crippen LogP contribution in [0.15, 0.2) is 0 Å². The van der Waals surface area contributed by atoms with E-state index in [9.17, 15) is 24.0 Å². The third-order valence-electron chi connectivity index (χ3n) is 4.95. The molecule has 0 aliphatic carbocycles. The Balaban J connectivity index is 0.00000480. The molecule has 0 radical (unpaired) electrons. The second-order valence-electron chi connectivity index (χ2n) is 6.90. The molecule has 186 valence electrons. The van der Waals surface area contributed by atoms with E-state index in [-0.39, 0.29) is 7.43 Å². The lowest BCUT2D eigenvalue weighted by atomic mass is 10.1. The van der Waals surface area contributed by atoms with E-state index in [0.29, 0.717) is 0 Å². The van der Waals surface area contributed by atoms with Crippen LogP contribution in [-0.4, -0.2) is 98.3 Å². The molecule has 2 saturated heterocycles. The quantitative estimate of drug-likeness (QED) is 0.345. The highest BCUT2D eigenvalue weighted by Crippen LogP contribution is 2.50. The normalized spacial score (nSPS) is 39.6. The van der Waals surface area contributed by atoms with Crippen LogP contribution in [-0.2, 0) is 46.2 Å². The van der Waals surface area contributed by atoms with Crippen molar-refractivity contribution in [3.63, 3.8) is 0 Å². The van der Waals surface area contributed by atoms with Crippen LogP contribution in [0.5, 0.6) is 0 Å². The average Bonchev–Trinajstić information content (AvgIpc) is 3.14. The molecular formula is C16H34O13P2. The molecule has 0 bridgehead atoms. The molecule has 0 aromatic rings. The van der Waals surface area contributed by atoms with Gasteiger partial charge in [-0.25, -0.2) is 9.13 Å². The summed E-state index contributed by atoms with van der Waals surface area (Å²) in [6, 6.07) is 0. The van der Waals surface area contributed by atoms with Crippen LogP contribution < -0.4 is 0 Å². The molecule has 31 heavy (non-hydrogen) atoms. The Morgan fingerprint density at radius 3 is 1.71 bits per heavy atom. The number of hydrogen-bond acceptors (Lipinski definition) is 11. The van der Waals surface area contributed by atoms with Crippen molar-refractivity contribution in [1.29, 1.82) is 0 Å². The van der Waals surface area contributed by atoms with Gasteiger partial charge in [-0.15, -0.1) is 0 Å². The van der Waals surface area contributed by atoms with E-state index in [2.05, 4.69) is 4.52 Å². The summed E-state index contributed by atoms with van der Waals surface area (Å²) in [6.45, 7) is 2.34. The van der Waals surface area contributed by atoms with Gasteiger partial charge in [0.15, 0.2) is 0 Å². The Labute approximate surface area is 182 Å². The smallest absolute Gasteiger partial charge is 0.394 e. The van der Waals surface area contributed by atoms with Crippen LogP contribution in [0, 0.1) is 0 Å². The van der Waals surface area contributed by atoms with E-state index >= 15 is 0 Å². The number of phosphoric ester groups is 2. The molecule has 0 amide bonds. The van der Waals surface area contributed by atoms with Gasteiger partial charge in [0.1, 0.15) is 36.6 Å². The van der Waals surface area contributed by atoms with E-state index in [4.69, 9.17) is 32.5 Å². The largest absolute Gasteiger partial charge is 0.472 e. The molecule has 0 spiro atoms. The van der Waals surface area contributed by atoms with E-state index in [0.717, 1.165) is 7.11 Å². The van der Waals surface area contributed by atoms with Gasteiger partial charge in [0, 0.05) is 21.3 Å². The Bertz CT molecular complexity index is 649. The first-order chi connectivity index (χ1) is 14.0. The lowest BCUT2D eigenvalue weighted by Crippen LogP contribution is -2.38. The van der Waals surface area contributed by atoms with Crippen LogP contribution in [0.2, 0.25) is 0 Å². The van der Waals surface area contributed by atoms with Crippen LogP contribution >= 0.6 is 15.6 Å². The van der Waals surface area contributed by atoms with Gasteiger partial charge in [-0.2, -0.15) is 0 Å². The summed E-state index contributed by atoms with van der Waals surface area (Å²) < 4.78 is 65.6. The average molecular weight is 496 g/mol.